The van der Waals surface area contributed by atoms with Gasteiger partial charge in [0.15, 0.2) is 0 Å². The Kier molecular flexibility index (Phi) is 8.99. The number of para-hydroxylation sites is 1. The molecule has 0 aliphatic carbocycles. The molecule has 0 bridgehead atoms. The van der Waals surface area contributed by atoms with Crippen LogP contribution in [0, 0.1) is 18.6 Å². The number of carbonyl (C=O) groups excluding carboxylic acids is 2. The lowest BCUT2D eigenvalue weighted by Crippen LogP contribution is -2.51. The van der Waals surface area contributed by atoms with Gasteiger partial charge in [0.2, 0.25) is 11.8 Å². The smallest absolute Gasteiger partial charge is 0.264 e. The molecule has 0 unspecified atom stereocenters. The van der Waals surface area contributed by atoms with E-state index in [2.05, 4.69) is 5.32 Å². The van der Waals surface area contributed by atoms with Crippen LogP contribution in [0.15, 0.2) is 77.7 Å². The molecule has 196 valence electrons. The number of carbonyl (C=O) groups is 2. The van der Waals surface area contributed by atoms with Crippen LogP contribution in [0.5, 0.6) is 0 Å². The van der Waals surface area contributed by atoms with E-state index in [-0.39, 0.29) is 23.5 Å². The van der Waals surface area contributed by atoms with Crippen LogP contribution in [-0.4, -0.2) is 44.8 Å². The van der Waals surface area contributed by atoms with Crippen LogP contribution >= 0.6 is 0 Å². The number of anilines is 1. The summed E-state index contributed by atoms with van der Waals surface area (Å²) in [6.45, 7) is 2.67. The summed E-state index contributed by atoms with van der Waals surface area (Å²) in [6.07, 6.45) is 0.233. The van der Waals surface area contributed by atoms with Gasteiger partial charge in [-0.05, 0) is 55.3 Å². The molecule has 37 heavy (non-hydrogen) atoms. The van der Waals surface area contributed by atoms with Crippen molar-refractivity contribution in [2.24, 2.45) is 0 Å². The Morgan fingerprint density at radius 3 is 2.14 bits per heavy atom. The van der Waals surface area contributed by atoms with Gasteiger partial charge in [0.1, 0.15) is 24.2 Å². The number of likely N-dealkylation sites (N-methyl/N-ethyl adjacent to an activating group) is 1. The van der Waals surface area contributed by atoms with Crippen LogP contribution in [0.1, 0.15) is 24.5 Å². The molecule has 0 aromatic heterocycles. The monoisotopic (exact) mass is 529 g/mol. The van der Waals surface area contributed by atoms with E-state index in [1.807, 2.05) is 0 Å². The van der Waals surface area contributed by atoms with Crippen molar-refractivity contribution in [3.63, 3.8) is 0 Å². The van der Waals surface area contributed by atoms with Crippen molar-refractivity contribution >= 4 is 27.5 Å². The lowest BCUT2D eigenvalue weighted by atomic mass is 10.1. The largest absolute Gasteiger partial charge is 0.357 e. The molecule has 2 amide bonds. The Labute approximate surface area is 215 Å². The lowest BCUT2D eigenvalue weighted by molar-refractivity contribution is -0.140. The minimum atomic E-state index is -4.36. The fourth-order valence-corrected chi connectivity index (χ4v) is 5.30. The highest BCUT2D eigenvalue weighted by molar-refractivity contribution is 7.92. The second-order valence-electron chi connectivity index (χ2n) is 8.46. The highest BCUT2D eigenvalue weighted by atomic mass is 32.2. The van der Waals surface area contributed by atoms with Gasteiger partial charge >= 0.3 is 0 Å². The summed E-state index contributed by atoms with van der Waals surface area (Å²) in [5.41, 5.74) is 1.07. The number of amides is 2. The molecule has 0 aliphatic heterocycles. The second-order valence-corrected chi connectivity index (χ2v) is 10.3. The van der Waals surface area contributed by atoms with Crippen molar-refractivity contribution in [1.82, 2.24) is 10.2 Å². The molecular weight excluding hydrogens is 500 g/mol. The molecule has 3 aromatic carbocycles. The molecule has 3 aromatic rings. The van der Waals surface area contributed by atoms with Gasteiger partial charge in [-0.1, -0.05) is 48.9 Å². The van der Waals surface area contributed by atoms with Gasteiger partial charge in [-0.15, -0.1) is 0 Å². The van der Waals surface area contributed by atoms with Crippen LogP contribution in [0.2, 0.25) is 0 Å². The van der Waals surface area contributed by atoms with E-state index in [0.29, 0.717) is 9.87 Å². The minimum absolute atomic E-state index is 0.0826. The predicted octanol–water partition coefficient (Wildman–Crippen LogP) is 4.02. The Morgan fingerprint density at radius 2 is 1.57 bits per heavy atom. The van der Waals surface area contributed by atoms with E-state index in [1.165, 1.54) is 66.5 Å². The fourth-order valence-electron chi connectivity index (χ4n) is 3.88. The Bertz CT molecular complexity index is 1350. The topological polar surface area (TPSA) is 86.8 Å². The van der Waals surface area contributed by atoms with Gasteiger partial charge < -0.3 is 10.2 Å². The highest BCUT2D eigenvalue weighted by Gasteiger charge is 2.34. The maximum Gasteiger partial charge on any atom is 0.264 e. The van der Waals surface area contributed by atoms with E-state index in [9.17, 15) is 26.8 Å². The van der Waals surface area contributed by atoms with E-state index >= 15 is 0 Å². The third-order valence-corrected chi connectivity index (χ3v) is 7.68. The first-order valence-corrected chi connectivity index (χ1v) is 13.1. The first-order valence-electron chi connectivity index (χ1n) is 11.7. The van der Waals surface area contributed by atoms with Crippen molar-refractivity contribution in [2.75, 3.05) is 17.9 Å². The SMILES string of the molecule is CC[C@H](C(=O)NC)N(Cc1ccc(F)cc1)C(=O)CN(c1ccccc1F)S(=O)(=O)c1ccc(C)cc1. The Balaban J connectivity index is 2.06. The average Bonchev–Trinajstić information content (AvgIpc) is 2.88. The first-order chi connectivity index (χ1) is 17.6. The number of nitrogens with zero attached hydrogens (tertiary/aromatic N) is 2. The number of sulfonamides is 1. The molecule has 0 aliphatic rings. The zero-order chi connectivity index (χ0) is 27.2. The zero-order valence-electron chi connectivity index (χ0n) is 20.8. The molecule has 0 heterocycles. The molecule has 1 atom stereocenters. The van der Waals surface area contributed by atoms with Gasteiger partial charge in [0, 0.05) is 13.6 Å². The molecule has 0 saturated heterocycles. The number of halogens is 2. The van der Waals surface area contributed by atoms with Crippen molar-refractivity contribution in [2.45, 2.75) is 37.8 Å². The summed E-state index contributed by atoms with van der Waals surface area (Å²) in [5.74, 6) is -2.46. The number of hydrogen-bond acceptors (Lipinski definition) is 4. The van der Waals surface area contributed by atoms with Gasteiger partial charge in [-0.2, -0.15) is 0 Å². The van der Waals surface area contributed by atoms with E-state index in [0.717, 1.165) is 11.6 Å². The number of nitrogens with one attached hydrogen (secondary N) is 1. The summed E-state index contributed by atoms with van der Waals surface area (Å²) < 4.78 is 56.3. The summed E-state index contributed by atoms with van der Waals surface area (Å²) in [4.78, 5) is 27.5. The summed E-state index contributed by atoms with van der Waals surface area (Å²) in [5, 5.41) is 2.52. The third-order valence-electron chi connectivity index (χ3n) is 5.91. The van der Waals surface area contributed by atoms with Gasteiger partial charge in [0.05, 0.1) is 10.6 Å². The minimum Gasteiger partial charge on any atom is -0.357 e. The van der Waals surface area contributed by atoms with Crippen LogP contribution in [-0.2, 0) is 26.2 Å². The number of hydrogen-bond donors (Lipinski definition) is 1. The number of aryl methyl sites for hydroxylation is 1. The highest BCUT2D eigenvalue weighted by Crippen LogP contribution is 2.27. The maximum absolute atomic E-state index is 14.9. The van der Waals surface area contributed by atoms with Crippen molar-refractivity contribution in [1.29, 1.82) is 0 Å². The standard InChI is InChI=1S/C27H29F2N3O4S/c1-4-24(27(34)30-3)31(17-20-11-13-21(28)14-12-20)26(33)18-32(25-8-6-5-7-23(25)29)37(35,36)22-15-9-19(2)10-16-22/h5-16,24H,4,17-18H2,1-3H3,(H,30,34)/t24-/m1/s1. The summed E-state index contributed by atoms with van der Waals surface area (Å²) >= 11 is 0. The quantitative estimate of drug-likeness (QED) is 0.430. The zero-order valence-corrected chi connectivity index (χ0v) is 21.6. The third kappa shape index (κ3) is 6.51. The summed E-state index contributed by atoms with van der Waals surface area (Å²) in [7, 11) is -2.93. The molecule has 0 spiro atoms. The van der Waals surface area contributed by atoms with Crippen LogP contribution in [0.25, 0.3) is 0 Å². The van der Waals surface area contributed by atoms with E-state index < -0.39 is 46.1 Å². The molecule has 0 fully saturated rings. The van der Waals surface area contributed by atoms with Crippen molar-refractivity contribution in [3.8, 4) is 0 Å². The van der Waals surface area contributed by atoms with Gasteiger partial charge in [0.25, 0.3) is 10.0 Å². The van der Waals surface area contributed by atoms with Gasteiger partial charge in [-0.3, -0.25) is 13.9 Å². The molecule has 0 radical (unpaired) electrons. The van der Waals surface area contributed by atoms with Crippen LogP contribution in [0.3, 0.4) is 0 Å². The second kappa shape index (κ2) is 12.0. The van der Waals surface area contributed by atoms with Crippen molar-refractivity contribution in [3.05, 3.63) is 95.6 Å². The van der Waals surface area contributed by atoms with E-state index in [1.54, 1.807) is 26.0 Å². The lowest BCUT2D eigenvalue weighted by Gasteiger charge is -2.33. The maximum atomic E-state index is 14.9. The van der Waals surface area contributed by atoms with Crippen molar-refractivity contribution < 1.29 is 26.8 Å². The predicted molar refractivity (Wildman–Crippen MR) is 137 cm³/mol. The Hall–Kier alpha value is -3.79. The molecular formula is C27H29F2N3O4S. The number of rotatable bonds is 10. The van der Waals surface area contributed by atoms with E-state index in [4.69, 9.17) is 0 Å². The van der Waals surface area contributed by atoms with Crippen LogP contribution in [0.4, 0.5) is 14.5 Å². The summed E-state index contributed by atoms with van der Waals surface area (Å²) in [6, 6.07) is 15.7. The van der Waals surface area contributed by atoms with Gasteiger partial charge in [-0.25, -0.2) is 17.2 Å². The molecule has 0 saturated carbocycles. The average molecular weight is 530 g/mol. The molecule has 1 N–H and O–H groups in total. The number of benzene rings is 3. The molecule has 7 nitrogen and oxygen atoms in total. The first kappa shape index (κ1) is 27.8. The van der Waals surface area contributed by atoms with Crippen LogP contribution < -0.4 is 9.62 Å². The normalized spacial score (nSPS) is 12.0. The molecule has 3 rings (SSSR count). The fraction of sp³-hybridized carbons (Fsp3) is 0.259. The Morgan fingerprint density at radius 1 is 0.946 bits per heavy atom. The molecule has 10 heteroatoms.